The standard InChI is InChI=1S/C25H25F3N4/c1-30-23(29-22-11-6-18-4-2-3-5-21(18)24(22)30)12-13-31-14-16-32(17-15-31)20-9-7-19(8-10-20)25(26,27)28/h2-11H,12-17H2,1H3. The van der Waals surface area contributed by atoms with Gasteiger partial charge in [0.1, 0.15) is 5.82 Å². The summed E-state index contributed by atoms with van der Waals surface area (Å²) < 4.78 is 40.6. The third-order valence-corrected chi connectivity index (χ3v) is 6.44. The molecule has 0 spiro atoms. The molecule has 0 saturated carbocycles. The number of anilines is 1. The van der Waals surface area contributed by atoms with Crippen LogP contribution in [0.5, 0.6) is 0 Å². The molecule has 32 heavy (non-hydrogen) atoms. The summed E-state index contributed by atoms with van der Waals surface area (Å²) in [7, 11) is 2.08. The number of hydrogen-bond donors (Lipinski definition) is 0. The van der Waals surface area contributed by atoms with Gasteiger partial charge in [0.25, 0.3) is 0 Å². The molecule has 4 aromatic rings. The molecule has 0 N–H and O–H groups in total. The minimum absolute atomic E-state index is 0.602. The molecule has 0 aliphatic carbocycles. The molecule has 0 atom stereocenters. The number of benzene rings is 3. The summed E-state index contributed by atoms with van der Waals surface area (Å²) in [6.45, 7) is 4.29. The van der Waals surface area contributed by atoms with Crippen LogP contribution in [0.4, 0.5) is 18.9 Å². The molecule has 0 unspecified atom stereocenters. The molecular formula is C25H25F3N4. The number of aromatic nitrogens is 2. The lowest BCUT2D eigenvalue weighted by Crippen LogP contribution is -2.47. The highest BCUT2D eigenvalue weighted by molar-refractivity contribution is 6.04. The highest BCUT2D eigenvalue weighted by Crippen LogP contribution is 2.31. The molecule has 0 radical (unpaired) electrons. The summed E-state index contributed by atoms with van der Waals surface area (Å²) in [6, 6.07) is 18.1. The average Bonchev–Trinajstić information content (AvgIpc) is 3.13. The van der Waals surface area contributed by atoms with Crippen LogP contribution in [-0.4, -0.2) is 47.2 Å². The maximum atomic E-state index is 12.8. The van der Waals surface area contributed by atoms with E-state index in [0.29, 0.717) is 0 Å². The van der Waals surface area contributed by atoms with Crippen molar-refractivity contribution in [1.82, 2.24) is 14.5 Å². The first-order chi connectivity index (χ1) is 15.4. The molecule has 1 saturated heterocycles. The molecule has 4 nitrogen and oxygen atoms in total. The van der Waals surface area contributed by atoms with Gasteiger partial charge < -0.3 is 9.47 Å². The van der Waals surface area contributed by atoms with Gasteiger partial charge in [0.05, 0.1) is 16.6 Å². The van der Waals surface area contributed by atoms with Crippen molar-refractivity contribution in [2.45, 2.75) is 12.6 Å². The van der Waals surface area contributed by atoms with E-state index in [1.54, 1.807) is 12.1 Å². The minimum atomic E-state index is -4.29. The summed E-state index contributed by atoms with van der Waals surface area (Å²) in [5.74, 6) is 1.07. The van der Waals surface area contributed by atoms with E-state index < -0.39 is 11.7 Å². The van der Waals surface area contributed by atoms with Crippen molar-refractivity contribution < 1.29 is 13.2 Å². The number of halogens is 3. The quantitative estimate of drug-likeness (QED) is 0.443. The van der Waals surface area contributed by atoms with Gasteiger partial charge in [-0.15, -0.1) is 0 Å². The maximum absolute atomic E-state index is 12.8. The Morgan fingerprint density at radius 2 is 1.59 bits per heavy atom. The number of hydrogen-bond acceptors (Lipinski definition) is 3. The lowest BCUT2D eigenvalue weighted by atomic mass is 10.1. The predicted octanol–water partition coefficient (Wildman–Crippen LogP) is 5.11. The highest BCUT2D eigenvalue weighted by Gasteiger charge is 2.30. The molecule has 3 aromatic carbocycles. The molecular weight excluding hydrogens is 413 g/mol. The maximum Gasteiger partial charge on any atom is 0.416 e. The van der Waals surface area contributed by atoms with Gasteiger partial charge in [0.15, 0.2) is 0 Å². The SMILES string of the molecule is Cn1c(CCN2CCN(c3ccc(C(F)(F)F)cc3)CC2)nc2ccc3ccccc3c21. The lowest BCUT2D eigenvalue weighted by Gasteiger charge is -2.36. The first kappa shape index (κ1) is 20.8. The van der Waals surface area contributed by atoms with Crippen LogP contribution in [0.25, 0.3) is 21.8 Å². The van der Waals surface area contributed by atoms with Gasteiger partial charge in [-0.25, -0.2) is 4.98 Å². The van der Waals surface area contributed by atoms with Crippen LogP contribution in [0.2, 0.25) is 0 Å². The lowest BCUT2D eigenvalue weighted by molar-refractivity contribution is -0.137. The summed E-state index contributed by atoms with van der Waals surface area (Å²) >= 11 is 0. The van der Waals surface area contributed by atoms with E-state index in [4.69, 9.17) is 4.98 Å². The predicted molar refractivity (Wildman–Crippen MR) is 122 cm³/mol. The molecule has 1 aliphatic heterocycles. The number of nitrogens with zero attached hydrogens (tertiary/aromatic N) is 4. The van der Waals surface area contributed by atoms with Gasteiger partial charge in [-0.05, 0) is 35.7 Å². The fourth-order valence-electron chi connectivity index (χ4n) is 4.60. The van der Waals surface area contributed by atoms with E-state index in [1.165, 1.54) is 16.3 Å². The van der Waals surface area contributed by atoms with Gasteiger partial charge in [0, 0.05) is 57.3 Å². The van der Waals surface area contributed by atoms with Crippen LogP contribution in [0.3, 0.4) is 0 Å². The van der Waals surface area contributed by atoms with Gasteiger partial charge in [-0.3, -0.25) is 4.90 Å². The fraction of sp³-hybridized carbons (Fsp3) is 0.320. The number of imidazole rings is 1. The molecule has 1 aliphatic rings. The van der Waals surface area contributed by atoms with Gasteiger partial charge in [-0.2, -0.15) is 13.2 Å². The summed E-state index contributed by atoms with van der Waals surface area (Å²) in [4.78, 5) is 9.42. The first-order valence-corrected chi connectivity index (χ1v) is 10.9. The van der Waals surface area contributed by atoms with Gasteiger partial charge in [-0.1, -0.05) is 30.3 Å². The second kappa shape index (κ2) is 8.13. The largest absolute Gasteiger partial charge is 0.416 e. The Morgan fingerprint density at radius 1 is 0.875 bits per heavy atom. The van der Waals surface area contributed by atoms with Crippen LogP contribution < -0.4 is 4.90 Å². The summed E-state index contributed by atoms with van der Waals surface area (Å²) in [6.07, 6.45) is -3.43. The van der Waals surface area contributed by atoms with Crippen molar-refractivity contribution in [1.29, 1.82) is 0 Å². The van der Waals surface area contributed by atoms with Crippen molar-refractivity contribution in [2.75, 3.05) is 37.6 Å². The van der Waals surface area contributed by atoms with Crippen molar-refractivity contribution in [3.05, 3.63) is 72.1 Å². The smallest absolute Gasteiger partial charge is 0.369 e. The molecule has 7 heteroatoms. The van der Waals surface area contributed by atoms with Crippen molar-refractivity contribution in [2.24, 2.45) is 7.05 Å². The number of alkyl halides is 3. The summed E-state index contributed by atoms with van der Waals surface area (Å²) in [5, 5.41) is 2.44. The highest BCUT2D eigenvalue weighted by atomic mass is 19.4. The van der Waals surface area contributed by atoms with Crippen LogP contribution in [0.15, 0.2) is 60.7 Å². The molecule has 0 amide bonds. The molecule has 0 bridgehead atoms. The zero-order valence-corrected chi connectivity index (χ0v) is 17.9. The number of fused-ring (bicyclic) bond motifs is 3. The Kier molecular flexibility index (Phi) is 5.29. The van der Waals surface area contributed by atoms with Crippen LogP contribution >= 0.6 is 0 Å². The van der Waals surface area contributed by atoms with Gasteiger partial charge in [0.2, 0.25) is 0 Å². The zero-order chi connectivity index (χ0) is 22.3. The monoisotopic (exact) mass is 438 g/mol. The molecule has 1 fully saturated rings. The molecule has 1 aromatic heterocycles. The fourth-order valence-corrected chi connectivity index (χ4v) is 4.60. The Balaban J connectivity index is 1.22. The van der Waals surface area contributed by atoms with E-state index in [9.17, 15) is 13.2 Å². The second-order valence-electron chi connectivity index (χ2n) is 8.36. The van der Waals surface area contributed by atoms with Crippen LogP contribution in [0.1, 0.15) is 11.4 Å². The second-order valence-corrected chi connectivity index (χ2v) is 8.36. The number of aryl methyl sites for hydroxylation is 1. The third-order valence-electron chi connectivity index (χ3n) is 6.44. The van der Waals surface area contributed by atoms with Crippen LogP contribution in [0, 0.1) is 0 Å². The molecule has 5 rings (SSSR count). The van der Waals surface area contributed by atoms with E-state index in [2.05, 4.69) is 57.8 Å². The topological polar surface area (TPSA) is 24.3 Å². The van der Waals surface area contributed by atoms with Crippen molar-refractivity contribution in [3.63, 3.8) is 0 Å². The minimum Gasteiger partial charge on any atom is -0.369 e. The van der Waals surface area contributed by atoms with Crippen molar-refractivity contribution in [3.8, 4) is 0 Å². The summed E-state index contributed by atoms with van der Waals surface area (Å²) in [5.41, 5.74) is 2.44. The third kappa shape index (κ3) is 3.93. The van der Waals surface area contributed by atoms with E-state index in [0.717, 1.165) is 68.3 Å². The van der Waals surface area contributed by atoms with Crippen molar-refractivity contribution >= 4 is 27.5 Å². The van der Waals surface area contributed by atoms with E-state index in [1.807, 2.05) is 0 Å². The Bertz CT molecular complexity index is 1240. The van der Waals surface area contributed by atoms with Crippen LogP contribution in [-0.2, 0) is 19.6 Å². The average molecular weight is 438 g/mol. The van der Waals surface area contributed by atoms with Gasteiger partial charge >= 0.3 is 6.18 Å². The Labute approximate surface area is 184 Å². The zero-order valence-electron chi connectivity index (χ0n) is 17.9. The van der Waals surface area contributed by atoms with E-state index in [-0.39, 0.29) is 0 Å². The number of rotatable bonds is 4. The Morgan fingerprint density at radius 3 is 2.31 bits per heavy atom. The Hall–Kier alpha value is -3.06. The van der Waals surface area contributed by atoms with E-state index >= 15 is 0 Å². The molecule has 166 valence electrons. The first-order valence-electron chi connectivity index (χ1n) is 10.9. The number of piperazine rings is 1. The normalized spacial score (nSPS) is 15.7. The molecule has 2 heterocycles.